The summed E-state index contributed by atoms with van der Waals surface area (Å²) in [6, 6.07) is 4.37. The topological polar surface area (TPSA) is 75.4 Å². The van der Waals surface area contributed by atoms with E-state index in [-0.39, 0.29) is 24.4 Å². The third-order valence-electron chi connectivity index (χ3n) is 3.99. The number of nitrogens with one attached hydrogen (secondary N) is 1. The first-order chi connectivity index (χ1) is 10.3. The molecular formula is C15H19F3N2O2. The lowest BCUT2D eigenvalue weighted by Crippen LogP contribution is -2.44. The van der Waals surface area contributed by atoms with Crippen molar-refractivity contribution < 1.29 is 23.1 Å². The number of amides is 1. The van der Waals surface area contributed by atoms with E-state index in [4.69, 9.17) is 5.73 Å². The fraction of sp³-hybridized carbons (Fsp3) is 0.533. The highest BCUT2D eigenvalue weighted by Crippen LogP contribution is 2.29. The number of alkyl halides is 3. The van der Waals surface area contributed by atoms with Crippen LogP contribution in [0.2, 0.25) is 0 Å². The zero-order valence-electron chi connectivity index (χ0n) is 11.9. The molecule has 0 aromatic heterocycles. The molecule has 1 aliphatic carbocycles. The fourth-order valence-electron chi connectivity index (χ4n) is 2.55. The average Bonchev–Trinajstić information content (AvgIpc) is 2.47. The lowest BCUT2D eigenvalue weighted by Gasteiger charge is -2.29. The first-order valence-corrected chi connectivity index (χ1v) is 7.15. The van der Waals surface area contributed by atoms with E-state index in [0.29, 0.717) is 24.8 Å². The third kappa shape index (κ3) is 4.20. The second-order valence-corrected chi connectivity index (χ2v) is 5.65. The highest BCUT2D eigenvalue weighted by molar-refractivity contribution is 5.78. The Morgan fingerprint density at radius 3 is 2.45 bits per heavy atom. The van der Waals surface area contributed by atoms with Crippen LogP contribution in [0.1, 0.15) is 30.4 Å². The van der Waals surface area contributed by atoms with E-state index in [2.05, 4.69) is 5.32 Å². The van der Waals surface area contributed by atoms with Gasteiger partial charge < -0.3 is 16.2 Å². The Morgan fingerprint density at radius 2 is 1.91 bits per heavy atom. The van der Waals surface area contributed by atoms with Crippen LogP contribution in [0.25, 0.3) is 0 Å². The number of halogens is 3. The molecule has 0 saturated heterocycles. The average molecular weight is 316 g/mol. The van der Waals surface area contributed by atoms with E-state index < -0.39 is 17.8 Å². The summed E-state index contributed by atoms with van der Waals surface area (Å²) in [6.45, 7) is 0.162. The highest BCUT2D eigenvalue weighted by Gasteiger charge is 2.31. The second kappa shape index (κ2) is 6.66. The van der Waals surface area contributed by atoms with Crippen molar-refractivity contribution >= 4 is 5.91 Å². The SMILES string of the molecule is N[C@@H]1CC[C@H](C(=O)NCc2ccc(C(F)(F)F)cc2)C[C@H]1O. The number of aliphatic hydroxyl groups is 1. The van der Waals surface area contributed by atoms with Gasteiger partial charge in [-0.1, -0.05) is 12.1 Å². The van der Waals surface area contributed by atoms with Crippen molar-refractivity contribution in [3.05, 3.63) is 35.4 Å². The van der Waals surface area contributed by atoms with Crippen LogP contribution in [0.5, 0.6) is 0 Å². The number of nitrogens with two attached hydrogens (primary N) is 1. The van der Waals surface area contributed by atoms with Crippen molar-refractivity contribution in [3.63, 3.8) is 0 Å². The van der Waals surface area contributed by atoms with Crippen molar-refractivity contribution in [1.82, 2.24) is 5.32 Å². The molecule has 3 atom stereocenters. The van der Waals surface area contributed by atoms with Gasteiger partial charge in [-0.2, -0.15) is 13.2 Å². The van der Waals surface area contributed by atoms with Gasteiger partial charge in [0.05, 0.1) is 11.7 Å². The van der Waals surface area contributed by atoms with E-state index >= 15 is 0 Å². The van der Waals surface area contributed by atoms with Crippen molar-refractivity contribution in [2.75, 3.05) is 0 Å². The van der Waals surface area contributed by atoms with Gasteiger partial charge in [0.15, 0.2) is 0 Å². The molecule has 22 heavy (non-hydrogen) atoms. The Labute approximate surface area is 126 Å². The molecule has 2 rings (SSSR count). The summed E-state index contributed by atoms with van der Waals surface area (Å²) in [5.41, 5.74) is 5.56. The van der Waals surface area contributed by atoms with Gasteiger partial charge in [0, 0.05) is 18.5 Å². The van der Waals surface area contributed by atoms with Crippen LogP contribution in [0.3, 0.4) is 0 Å². The zero-order chi connectivity index (χ0) is 16.3. The first kappa shape index (κ1) is 16.8. The van der Waals surface area contributed by atoms with Gasteiger partial charge in [0.1, 0.15) is 0 Å². The lowest BCUT2D eigenvalue weighted by atomic mass is 9.84. The summed E-state index contributed by atoms with van der Waals surface area (Å²) >= 11 is 0. The Hall–Kier alpha value is -1.60. The molecule has 1 aromatic rings. The summed E-state index contributed by atoms with van der Waals surface area (Å²) in [7, 11) is 0. The first-order valence-electron chi connectivity index (χ1n) is 7.15. The van der Waals surface area contributed by atoms with Crippen LogP contribution in [0.15, 0.2) is 24.3 Å². The minimum Gasteiger partial charge on any atom is -0.391 e. The van der Waals surface area contributed by atoms with Gasteiger partial charge in [-0.15, -0.1) is 0 Å². The number of aliphatic hydroxyl groups excluding tert-OH is 1. The summed E-state index contributed by atoms with van der Waals surface area (Å²) in [5.74, 6) is -0.505. The molecule has 1 amide bonds. The molecular weight excluding hydrogens is 297 g/mol. The van der Waals surface area contributed by atoms with Crippen molar-refractivity contribution in [2.45, 2.75) is 44.1 Å². The Bertz CT molecular complexity index is 517. The van der Waals surface area contributed by atoms with Crippen LogP contribution in [0, 0.1) is 5.92 Å². The minimum absolute atomic E-state index is 0.162. The van der Waals surface area contributed by atoms with Gasteiger partial charge in [-0.25, -0.2) is 0 Å². The van der Waals surface area contributed by atoms with Crippen LogP contribution >= 0.6 is 0 Å². The van der Waals surface area contributed by atoms with Crippen LogP contribution in [0.4, 0.5) is 13.2 Å². The molecule has 1 fully saturated rings. The van der Waals surface area contributed by atoms with Gasteiger partial charge in [0.2, 0.25) is 5.91 Å². The molecule has 122 valence electrons. The smallest absolute Gasteiger partial charge is 0.391 e. The maximum absolute atomic E-state index is 12.4. The summed E-state index contributed by atoms with van der Waals surface area (Å²) < 4.78 is 37.3. The third-order valence-corrected chi connectivity index (χ3v) is 3.99. The molecule has 1 aromatic carbocycles. The molecule has 1 saturated carbocycles. The Morgan fingerprint density at radius 1 is 1.27 bits per heavy atom. The zero-order valence-corrected chi connectivity index (χ0v) is 11.9. The lowest BCUT2D eigenvalue weighted by molar-refractivity contribution is -0.137. The van der Waals surface area contributed by atoms with E-state index in [1.807, 2.05) is 0 Å². The molecule has 4 nitrogen and oxygen atoms in total. The van der Waals surface area contributed by atoms with Crippen LogP contribution < -0.4 is 11.1 Å². The summed E-state index contributed by atoms with van der Waals surface area (Å²) in [5, 5.41) is 12.4. The summed E-state index contributed by atoms with van der Waals surface area (Å²) in [4.78, 5) is 12.0. The van der Waals surface area contributed by atoms with Gasteiger partial charge >= 0.3 is 6.18 Å². The minimum atomic E-state index is -4.36. The quantitative estimate of drug-likeness (QED) is 0.796. The molecule has 7 heteroatoms. The van der Waals surface area contributed by atoms with Gasteiger partial charge in [0.25, 0.3) is 0 Å². The van der Waals surface area contributed by atoms with Crippen molar-refractivity contribution in [1.29, 1.82) is 0 Å². The number of rotatable bonds is 3. The number of carbonyl (C=O) groups is 1. The molecule has 0 bridgehead atoms. The monoisotopic (exact) mass is 316 g/mol. The Kier molecular flexibility index (Phi) is 5.08. The predicted molar refractivity (Wildman–Crippen MR) is 74.6 cm³/mol. The molecule has 0 spiro atoms. The predicted octanol–water partition coefficient (Wildman–Crippen LogP) is 1.81. The van der Waals surface area contributed by atoms with Crippen LogP contribution in [-0.4, -0.2) is 23.2 Å². The molecule has 0 radical (unpaired) electrons. The molecule has 4 N–H and O–H groups in total. The summed E-state index contributed by atoms with van der Waals surface area (Å²) in [6.07, 6.45) is -3.54. The maximum Gasteiger partial charge on any atom is 0.416 e. The Balaban J connectivity index is 1.86. The maximum atomic E-state index is 12.4. The van der Waals surface area contributed by atoms with Gasteiger partial charge in [-0.3, -0.25) is 4.79 Å². The van der Waals surface area contributed by atoms with E-state index in [1.165, 1.54) is 12.1 Å². The van der Waals surface area contributed by atoms with E-state index in [0.717, 1.165) is 12.1 Å². The van der Waals surface area contributed by atoms with E-state index in [1.54, 1.807) is 0 Å². The standard InChI is InChI=1S/C15H19F3N2O2/c16-15(17,18)11-4-1-9(2-5-11)8-20-14(22)10-3-6-12(19)13(21)7-10/h1-2,4-5,10,12-13,21H,3,6-8,19H2,(H,20,22)/t10-,12+,13+/m0/s1. The largest absolute Gasteiger partial charge is 0.416 e. The molecule has 0 unspecified atom stereocenters. The number of carbonyl (C=O) groups excluding carboxylic acids is 1. The van der Waals surface area contributed by atoms with Crippen LogP contribution in [-0.2, 0) is 17.5 Å². The number of benzene rings is 1. The number of hydrogen-bond donors (Lipinski definition) is 3. The number of hydrogen-bond acceptors (Lipinski definition) is 3. The molecule has 0 heterocycles. The van der Waals surface area contributed by atoms with Gasteiger partial charge in [-0.05, 0) is 37.0 Å². The normalized spacial score (nSPS) is 25.8. The van der Waals surface area contributed by atoms with E-state index in [9.17, 15) is 23.1 Å². The fourth-order valence-corrected chi connectivity index (χ4v) is 2.55. The second-order valence-electron chi connectivity index (χ2n) is 5.65. The molecule has 0 aliphatic heterocycles. The highest BCUT2D eigenvalue weighted by atomic mass is 19.4. The van der Waals surface area contributed by atoms with Crippen molar-refractivity contribution in [2.24, 2.45) is 11.7 Å². The van der Waals surface area contributed by atoms with Crippen molar-refractivity contribution in [3.8, 4) is 0 Å². The molecule has 1 aliphatic rings.